The Morgan fingerprint density at radius 2 is 2.06 bits per heavy atom. The number of nitrogens with zero attached hydrogens (tertiary/aromatic N) is 2. The fraction of sp³-hybridized carbons (Fsp3) is 0.455. The van der Waals surface area contributed by atoms with Crippen LogP contribution in [0.5, 0.6) is 0 Å². The normalized spacial score (nSPS) is 16.3. The zero-order valence-corrected chi connectivity index (χ0v) is 20.2. The second-order valence-corrected chi connectivity index (χ2v) is 11.8. The lowest BCUT2D eigenvalue weighted by Gasteiger charge is -2.27. The van der Waals surface area contributed by atoms with Crippen molar-refractivity contribution in [2.75, 3.05) is 6.26 Å². The van der Waals surface area contributed by atoms with Crippen LogP contribution < -0.4 is 5.56 Å². The molecule has 32 heavy (non-hydrogen) atoms. The van der Waals surface area contributed by atoms with Crippen molar-refractivity contribution in [3.05, 3.63) is 49.9 Å². The molecule has 4 rings (SSSR count). The molecule has 7 nitrogen and oxygen atoms in total. The van der Waals surface area contributed by atoms with Gasteiger partial charge in [0.15, 0.2) is 20.4 Å². The summed E-state index contributed by atoms with van der Waals surface area (Å²) in [6.07, 6.45) is 9.04. The number of benzene rings is 1. The summed E-state index contributed by atoms with van der Waals surface area (Å²) in [6.45, 7) is 0. The van der Waals surface area contributed by atoms with Gasteiger partial charge in [-0.05, 0) is 42.8 Å². The van der Waals surface area contributed by atoms with E-state index >= 15 is 0 Å². The Bertz CT molecular complexity index is 1350. The third-order valence-corrected chi connectivity index (χ3v) is 8.29. The third-order valence-electron chi connectivity index (χ3n) is 6.10. The Morgan fingerprint density at radius 1 is 1.31 bits per heavy atom. The molecule has 0 radical (unpaired) electrons. The maximum Gasteiger partial charge on any atom is 0.262 e. The van der Waals surface area contributed by atoms with E-state index in [9.17, 15) is 18.0 Å². The molecule has 10 heteroatoms. The lowest BCUT2D eigenvalue weighted by atomic mass is 9.83. The van der Waals surface area contributed by atoms with Gasteiger partial charge in [-0.25, -0.2) is 13.4 Å². The molecule has 0 aliphatic heterocycles. The van der Waals surface area contributed by atoms with Crippen LogP contribution in [-0.4, -0.2) is 35.0 Å². The first kappa shape index (κ1) is 23.0. The Morgan fingerprint density at radius 3 is 2.72 bits per heavy atom. The molecule has 1 fully saturated rings. The van der Waals surface area contributed by atoms with E-state index in [0.29, 0.717) is 28.2 Å². The number of fused-ring (bicyclic) bond motifs is 1. The fourth-order valence-corrected chi connectivity index (χ4v) is 6.04. The van der Waals surface area contributed by atoms with E-state index in [0.717, 1.165) is 31.9 Å². The van der Waals surface area contributed by atoms with Crippen molar-refractivity contribution in [3.63, 3.8) is 0 Å². The number of aromatic nitrogens is 3. The molecular weight excluding hydrogens is 466 g/mol. The molecular formula is C22H25N3O4S3. The summed E-state index contributed by atoms with van der Waals surface area (Å²) >= 11 is 6.92. The van der Waals surface area contributed by atoms with Gasteiger partial charge in [0, 0.05) is 17.8 Å². The van der Waals surface area contributed by atoms with Gasteiger partial charge >= 0.3 is 0 Å². The van der Waals surface area contributed by atoms with Crippen LogP contribution in [0.4, 0.5) is 0 Å². The number of ketones is 1. The maximum atomic E-state index is 13.5. The highest BCUT2D eigenvalue weighted by atomic mass is 32.2. The number of Topliss-reactive ketones (excluding diaryl/α,β-unsaturated/α-hetero) is 1. The van der Waals surface area contributed by atoms with Gasteiger partial charge in [-0.15, -0.1) is 11.3 Å². The van der Waals surface area contributed by atoms with E-state index in [2.05, 4.69) is 9.97 Å². The van der Waals surface area contributed by atoms with E-state index in [4.69, 9.17) is 12.2 Å². The Hall–Kier alpha value is -2.17. The number of thiazole rings is 1. The van der Waals surface area contributed by atoms with Gasteiger partial charge in [0.05, 0.1) is 33.3 Å². The molecule has 1 N–H and O–H groups in total. The van der Waals surface area contributed by atoms with Crippen molar-refractivity contribution in [2.24, 2.45) is 5.92 Å². The van der Waals surface area contributed by atoms with Crippen LogP contribution in [-0.2, 0) is 21.1 Å². The van der Waals surface area contributed by atoms with E-state index in [1.54, 1.807) is 6.20 Å². The number of hydrogen-bond acceptors (Lipinski definition) is 7. The third kappa shape index (κ3) is 4.92. The fourth-order valence-electron chi connectivity index (χ4n) is 4.45. The van der Waals surface area contributed by atoms with Gasteiger partial charge in [-0.1, -0.05) is 32.1 Å². The summed E-state index contributed by atoms with van der Waals surface area (Å²) < 4.78 is 25.3. The minimum absolute atomic E-state index is 0.0840. The molecule has 2 heterocycles. The molecule has 1 aliphatic carbocycles. The van der Waals surface area contributed by atoms with Crippen LogP contribution >= 0.6 is 23.6 Å². The number of H-pyrrole nitrogens is 1. The van der Waals surface area contributed by atoms with Gasteiger partial charge < -0.3 is 4.98 Å². The van der Waals surface area contributed by atoms with E-state index in [1.165, 1.54) is 40.5 Å². The minimum Gasteiger partial charge on any atom is -0.331 e. The molecule has 0 spiro atoms. The quantitative estimate of drug-likeness (QED) is 0.496. The second kappa shape index (κ2) is 9.36. The Labute approximate surface area is 195 Å². The Kier molecular flexibility index (Phi) is 6.73. The summed E-state index contributed by atoms with van der Waals surface area (Å²) in [5.74, 6) is 0.276. The highest BCUT2D eigenvalue weighted by Crippen LogP contribution is 2.32. The van der Waals surface area contributed by atoms with Crippen molar-refractivity contribution in [1.29, 1.82) is 0 Å². The zero-order valence-electron chi connectivity index (χ0n) is 17.7. The SMILES string of the molecule is CS(=O)(=O)c1ccc2c(=O)n(C(CC3CCCCC3)C(=O)Cc3nccs3)c(=S)[nH]c2c1. The monoisotopic (exact) mass is 491 g/mol. The van der Waals surface area contributed by atoms with E-state index < -0.39 is 15.9 Å². The number of aromatic amines is 1. The van der Waals surface area contributed by atoms with E-state index in [-0.39, 0.29) is 27.4 Å². The highest BCUT2D eigenvalue weighted by Gasteiger charge is 2.28. The van der Waals surface area contributed by atoms with Crippen molar-refractivity contribution in [2.45, 2.75) is 55.9 Å². The second-order valence-electron chi connectivity index (χ2n) is 8.41. The Balaban J connectivity index is 1.79. The molecule has 0 amide bonds. The van der Waals surface area contributed by atoms with Crippen molar-refractivity contribution in [3.8, 4) is 0 Å². The summed E-state index contributed by atoms with van der Waals surface area (Å²) in [7, 11) is -3.43. The molecule has 1 saturated carbocycles. The van der Waals surface area contributed by atoms with Crippen LogP contribution in [0.15, 0.2) is 39.5 Å². The first-order valence-corrected chi connectivity index (χ1v) is 13.8. The van der Waals surface area contributed by atoms with Crippen molar-refractivity contribution in [1.82, 2.24) is 14.5 Å². The van der Waals surface area contributed by atoms with Crippen molar-refractivity contribution < 1.29 is 13.2 Å². The van der Waals surface area contributed by atoms with Crippen LogP contribution in [0.25, 0.3) is 10.9 Å². The molecule has 1 aromatic carbocycles. The molecule has 1 unspecified atom stereocenters. The topological polar surface area (TPSA) is 102 Å². The summed E-state index contributed by atoms with van der Waals surface area (Å²) in [5, 5.41) is 2.85. The number of sulfone groups is 1. The first-order chi connectivity index (χ1) is 15.2. The average molecular weight is 492 g/mol. The summed E-state index contributed by atoms with van der Waals surface area (Å²) in [4.78, 5) is 34.2. The molecule has 2 aromatic heterocycles. The molecule has 0 saturated heterocycles. The molecule has 0 bridgehead atoms. The van der Waals surface area contributed by atoms with Gasteiger partial charge in [0.25, 0.3) is 5.56 Å². The zero-order chi connectivity index (χ0) is 22.9. The largest absolute Gasteiger partial charge is 0.331 e. The minimum atomic E-state index is -3.43. The standard InChI is InChI=1S/C22H25N3O4S3/c1-32(28,29)15-7-8-16-17(12-15)24-22(30)25(21(16)27)18(11-14-5-3-2-4-6-14)19(26)13-20-23-9-10-31-20/h7-10,12,14,18H,2-6,11,13H2,1H3,(H,24,30). The molecule has 3 aromatic rings. The van der Waals surface area contributed by atoms with Gasteiger partial charge in [-0.3, -0.25) is 14.2 Å². The molecule has 1 aliphatic rings. The number of rotatable bonds is 7. The van der Waals surface area contributed by atoms with Crippen LogP contribution in [0.2, 0.25) is 0 Å². The number of nitrogens with one attached hydrogen (secondary N) is 1. The van der Waals surface area contributed by atoms with Gasteiger partial charge in [0.1, 0.15) is 0 Å². The van der Waals surface area contributed by atoms with Gasteiger partial charge in [0.2, 0.25) is 0 Å². The lowest BCUT2D eigenvalue weighted by Crippen LogP contribution is -2.34. The maximum absolute atomic E-state index is 13.5. The number of hydrogen-bond donors (Lipinski definition) is 1. The van der Waals surface area contributed by atoms with Crippen molar-refractivity contribution >= 4 is 50.1 Å². The predicted octanol–water partition coefficient (Wildman–Crippen LogP) is 4.24. The highest BCUT2D eigenvalue weighted by molar-refractivity contribution is 7.90. The number of carbonyl (C=O) groups excluding carboxylic acids is 1. The summed E-state index contributed by atoms with van der Waals surface area (Å²) in [5.41, 5.74) is -0.0277. The molecule has 170 valence electrons. The van der Waals surface area contributed by atoms with Gasteiger partial charge in [-0.2, -0.15) is 0 Å². The van der Waals surface area contributed by atoms with Crippen LogP contribution in [0.1, 0.15) is 49.6 Å². The molecule has 1 atom stereocenters. The van der Waals surface area contributed by atoms with Crippen LogP contribution in [0, 0.1) is 10.7 Å². The smallest absolute Gasteiger partial charge is 0.262 e. The number of carbonyl (C=O) groups is 1. The predicted molar refractivity (Wildman–Crippen MR) is 128 cm³/mol. The van der Waals surface area contributed by atoms with E-state index in [1.807, 2.05) is 5.38 Å². The average Bonchev–Trinajstić information content (AvgIpc) is 3.25. The summed E-state index contributed by atoms with van der Waals surface area (Å²) in [6, 6.07) is 3.63. The van der Waals surface area contributed by atoms with Crippen LogP contribution in [0.3, 0.4) is 0 Å². The lowest BCUT2D eigenvalue weighted by molar-refractivity contribution is -0.122. The first-order valence-electron chi connectivity index (χ1n) is 10.6.